The van der Waals surface area contributed by atoms with Crippen LogP contribution < -0.4 is 4.74 Å². The molecule has 2 nitrogen and oxygen atoms in total. The normalized spacial score (nSPS) is 11.1. The second-order valence-corrected chi connectivity index (χ2v) is 2.99. The zero-order chi connectivity index (χ0) is 10.6. The summed E-state index contributed by atoms with van der Waals surface area (Å²) in [6.45, 7) is 3.66. The van der Waals surface area contributed by atoms with E-state index >= 15 is 0 Å². The van der Waals surface area contributed by atoms with Gasteiger partial charge in [-0.1, -0.05) is 18.1 Å². The van der Waals surface area contributed by atoms with Crippen LogP contribution in [0, 0.1) is 30.6 Å². The summed E-state index contributed by atoms with van der Waals surface area (Å²) in [5, 5.41) is 8.85. The lowest BCUT2D eigenvalue weighted by Crippen LogP contribution is -2.10. The first-order valence-corrected chi connectivity index (χ1v) is 4.31. The van der Waals surface area contributed by atoms with Gasteiger partial charge < -0.3 is 4.74 Å². The molecule has 0 fully saturated rings. The number of nitrogens with zero attached hydrogens (tertiary/aromatic N) is 1. The van der Waals surface area contributed by atoms with Crippen LogP contribution in [0.4, 0.5) is 0 Å². The fourth-order valence-corrected chi connectivity index (χ4v) is 1.11. The number of nitriles is 1. The van der Waals surface area contributed by atoms with Crippen molar-refractivity contribution in [3.8, 4) is 24.2 Å². The molecule has 0 N–H and O–H groups in total. The van der Waals surface area contributed by atoms with Crippen molar-refractivity contribution in [2.45, 2.75) is 20.0 Å². The Morgan fingerprint density at radius 3 is 2.79 bits per heavy atom. The summed E-state index contributed by atoms with van der Waals surface area (Å²) < 4.78 is 5.46. The minimum Gasteiger partial charge on any atom is -0.476 e. The second kappa shape index (κ2) is 4.35. The number of hydrogen-bond donors (Lipinski definition) is 0. The first-order chi connectivity index (χ1) is 6.69. The molecule has 0 aliphatic heterocycles. The highest BCUT2D eigenvalue weighted by Gasteiger charge is 2.08. The van der Waals surface area contributed by atoms with Gasteiger partial charge in [0, 0.05) is 0 Å². The van der Waals surface area contributed by atoms with Crippen LogP contribution in [0.1, 0.15) is 18.1 Å². The molecule has 70 valence electrons. The number of ether oxygens (including phenoxy) is 1. The third-order valence-electron chi connectivity index (χ3n) is 1.86. The molecule has 0 bridgehead atoms. The molecule has 1 aromatic carbocycles. The molecule has 0 saturated carbocycles. The van der Waals surface area contributed by atoms with E-state index in [9.17, 15) is 0 Å². The molecule has 0 spiro atoms. The van der Waals surface area contributed by atoms with Crippen LogP contribution in [0.2, 0.25) is 0 Å². The molecular weight excluding hydrogens is 174 g/mol. The second-order valence-electron chi connectivity index (χ2n) is 2.99. The van der Waals surface area contributed by atoms with Crippen LogP contribution in [0.25, 0.3) is 0 Å². The zero-order valence-corrected chi connectivity index (χ0v) is 8.24. The van der Waals surface area contributed by atoms with Crippen molar-refractivity contribution in [1.82, 2.24) is 0 Å². The summed E-state index contributed by atoms with van der Waals surface area (Å²) in [6.07, 6.45) is 4.89. The first kappa shape index (κ1) is 10.2. The smallest absolute Gasteiger partial charge is 0.156 e. The van der Waals surface area contributed by atoms with E-state index in [1.165, 1.54) is 0 Å². The topological polar surface area (TPSA) is 33.0 Å². The Morgan fingerprint density at radius 2 is 2.21 bits per heavy atom. The largest absolute Gasteiger partial charge is 0.476 e. The Balaban J connectivity index is 3.08. The van der Waals surface area contributed by atoms with E-state index in [2.05, 4.69) is 12.0 Å². The van der Waals surface area contributed by atoms with E-state index in [-0.39, 0.29) is 6.10 Å². The summed E-state index contributed by atoms with van der Waals surface area (Å²) in [4.78, 5) is 0. The van der Waals surface area contributed by atoms with Crippen molar-refractivity contribution in [2.75, 3.05) is 0 Å². The minimum atomic E-state index is -0.316. The molecule has 1 unspecified atom stereocenters. The molecule has 0 radical (unpaired) electrons. The highest BCUT2D eigenvalue weighted by molar-refractivity contribution is 5.48. The van der Waals surface area contributed by atoms with E-state index in [1.54, 1.807) is 13.0 Å². The van der Waals surface area contributed by atoms with Crippen LogP contribution >= 0.6 is 0 Å². The molecule has 1 atom stereocenters. The number of benzene rings is 1. The van der Waals surface area contributed by atoms with Crippen molar-refractivity contribution in [2.24, 2.45) is 0 Å². The van der Waals surface area contributed by atoms with Gasteiger partial charge in [-0.15, -0.1) is 6.42 Å². The van der Waals surface area contributed by atoms with Gasteiger partial charge in [0.1, 0.15) is 11.8 Å². The van der Waals surface area contributed by atoms with E-state index in [4.69, 9.17) is 16.4 Å². The van der Waals surface area contributed by atoms with Crippen LogP contribution in [0.5, 0.6) is 5.75 Å². The van der Waals surface area contributed by atoms with Gasteiger partial charge in [-0.3, -0.25) is 0 Å². The first-order valence-electron chi connectivity index (χ1n) is 4.31. The van der Waals surface area contributed by atoms with Gasteiger partial charge >= 0.3 is 0 Å². The lowest BCUT2D eigenvalue weighted by atomic mass is 10.1. The highest BCUT2D eigenvalue weighted by atomic mass is 16.5. The van der Waals surface area contributed by atoms with Gasteiger partial charge in [0.2, 0.25) is 0 Å². The quantitative estimate of drug-likeness (QED) is 0.662. The van der Waals surface area contributed by atoms with Gasteiger partial charge in [0.05, 0.1) is 5.56 Å². The molecule has 1 aromatic rings. The molecule has 2 heteroatoms. The Kier molecular flexibility index (Phi) is 3.15. The number of terminal acetylenes is 1. The Morgan fingerprint density at radius 1 is 1.50 bits per heavy atom. The van der Waals surface area contributed by atoms with Crippen LogP contribution in [-0.4, -0.2) is 6.10 Å². The Hall–Kier alpha value is -1.93. The van der Waals surface area contributed by atoms with Gasteiger partial charge in [-0.2, -0.15) is 5.26 Å². The molecule has 0 aliphatic rings. The molecular formula is C12H11NO. The van der Waals surface area contributed by atoms with E-state index in [0.29, 0.717) is 11.3 Å². The highest BCUT2D eigenvalue weighted by Crippen LogP contribution is 2.23. The third kappa shape index (κ3) is 2.06. The van der Waals surface area contributed by atoms with Gasteiger partial charge in [0.25, 0.3) is 0 Å². The maximum atomic E-state index is 8.85. The minimum absolute atomic E-state index is 0.316. The van der Waals surface area contributed by atoms with Crippen molar-refractivity contribution in [3.05, 3.63) is 29.3 Å². The van der Waals surface area contributed by atoms with Crippen LogP contribution in [0.15, 0.2) is 18.2 Å². The van der Waals surface area contributed by atoms with Crippen molar-refractivity contribution >= 4 is 0 Å². The predicted octanol–water partition coefficient (Wildman–Crippen LogP) is 2.27. The molecule has 0 heterocycles. The summed E-state index contributed by atoms with van der Waals surface area (Å²) in [6, 6.07) is 7.50. The summed E-state index contributed by atoms with van der Waals surface area (Å²) in [7, 11) is 0. The van der Waals surface area contributed by atoms with E-state index < -0.39 is 0 Å². The fourth-order valence-electron chi connectivity index (χ4n) is 1.11. The molecule has 0 aliphatic carbocycles. The monoisotopic (exact) mass is 185 g/mol. The van der Waals surface area contributed by atoms with Crippen molar-refractivity contribution in [3.63, 3.8) is 0 Å². The third-order valence-corrected chi connectivity index (χ3v) is 1.86. The number of para-hydroxylation sites is 1. The van der Waals surface area contributed by atoms with Crippen LogP contribution in [0.3, 0.4) is 0 Å². The molecule has 0 saturated heterocycles. The standard InChI is InChI=1S/C12H11NO/c1-4-10(3)14-12-9(2)6-5-7-11(12)8-13/h1,5-7,10H,2-3H3. The van der Waals surface area contributed by atoms with Gasteiger partial charge in [-0.05, 0) is 25.5 Å². The summed E-state index contributed by atoms with van der Waals surface area (Å²) >= 11 is 0. The summed E-state index contributed by atoms with van der Waals surface area (Å²) in [5.74, 6) is 3.04. The van der Waals surface area contributed by atoms with Gasteiger partial charge in [-0.25, -0.2) is 0 Å². The zero-order valence-electron chi connectivity index (χ0n) is 8.24. The maximum Gasteiger partial charge on any atom is 0.156 e. The molecule has 0 amide bonds. The SMILES string of the molecule is C#CC(C)Oc1c(C)cccc1C#N. The van der Waals surface area contributed by atoms with E-state index in [0.717, 1.165) is 5.56 Å². The number of rotatable bonds is 2. The van der Waals surface area contributed by atoms with Crippen molar-refractivity contribution < 1.29 is 4.74 Å². The molecule has 14 heavy (non-hydrogen) atoms. The predicted molar refractivity (Wildman–Crippen MR) is 54.8 cm³/mol. The van der Waals surface area contributed by atoms with Gasteiger partial charge in [0.15, 0.2) is 6.10 Å². The Bertz CT molecular complexity index is 409. The Labute approximate surface area is 84.1 Å². The fraction of sp³-hybridized carbons (Fsp3) is 0.250. The number of hydrogen-bond acceptors (Lipinski definition) is 2. The summed E-state index contributed by atoms with van der Waals surface area (Å²) in [5.41, 5.74) is 1.44. The lowest BCUT2D eigenvalue weighted by molar-refractivity contribution is 0.276. The average Bonchev–Trinajstić information content (AvgIpc) is 2.20. The van der Waals surface area contributed by atoms with Crippen LogP contribution in [-0.2, 0) is 0 Å². The van der Waals surface area contributed by atoms with E-state index in [1.807, 2.05) is 19.1 Å². The maximum absolute atomic E-state index is 8.85. The molecule has 0 aromatic heterocycles. The average molecular weight is 185 g/mol. The number of aryl methyl sites for hydroxylation is 1. The van der Waals surface area contributed by atoms with Crippen molar-refractivity contribution in [1.29, 1.82) is 5.26 Å². The lowest BCUT2D eigenvalue weighted by Gasteiger charge is -2.12. The molecule has 1 rings (SSSR count).